The second-order valence-corrected chi connectivity index (χ2v) is 7.47. The van der Waals surface area contributed by atoms with Gasteiger partial charge in [0.2, 0.25) is 0 Å². The first-order chi connectivity index (χ1) is 13.8. The number of non-ortho nitro benzene ring substituents is 1. The number of carbonyl (C=O) groups excluding carboxylic acids is 1. The molecule has 29 heavy (non-hydrogen) atoms. The number of nitro groups is 1. The molecule has 3 aromatic rings. The lowest BCUT2D eigenvalue weighted by molar-refractivity contribution is -0.384. The smallest absolute Gasteiger partial charge is 0.339 e. The molecule has 3 aromatic carbocycles. The molecule has 0 atom stereocenters. The number of nitrogens with zero attached hydrogens (tertiary/aromatic N) is 1. The molecule has 3 rings (SSSR count). The number of carbonyl (C=O) groups is 1. The molecular formula is C21H15NO6S. The molecule has 0 fully saturated rings. The fourth-order valence-electron chi connectivity index (χ4n) is 2.41. The minimum Gasteiger partial charge on any atom is -0.379 e. The fraction of sp³-hybridized carbons (Fsp3) is 0. The second-order valence-electron chi connectivity index (χ2n) is 5.92. The van der Waals surface area contributed by atoms with Crippen molar-refractivity contribution >= 4 is 27.7 Å². The molecule has 0 bridgehead atoms. The topological polar surface area (TPSA) is 104 Å². The summed E-state index contributed by atoms with van der Waals surface area (Å²) in [6, 6.07) is 19.3. The van der Waals surface area contributed by atoms with E-state index in [1.165, 1.54) is 18.2 Å². The summed E-state index contributed by atoms with van der Waals surface area (Å²) in [4.78, 5) is 21.9. The molecule has 0 aliphatic rings. The number of allylic oxidation sites excluding steroid dienone is 1. The Morgan fingerprint density at radius 1 is 0.897 bits per heavy atom. The van der Waals surface area contributed by atoms with Crippen LogP contribution in [0.1, 0.15) is 15.9 Å². The maximum absolute atomic E-state index is 12.3. The summed E-state index contributed by atoms with van der Waals surface area (Å²) >= 11 is 0. The third kappa shape index (κ3) is 5.14. The van der Waals surface area contributed by atoms with Gasteiger partial charge in [-0.3, -0.25) is 14.9 Å². The third-order valence-corrected chi connectivity index (χ3v) is 5.17. The van der Waals surface area contributed by atoms with E-state index in [1.807, 2.05) is 6.07 Å². The van der Waals surface area contributed by atoms with Crippen LogP contribution in [-0.2, 0) is 10.1 Å². The van der Waals surface area contributed by atoms with Crippen LogP contribution < -0.4 is 4.18 Å². The van der Waals surface area contributed by atoms with Crippen molar-refractivity contribution in [2.45, 2.75) is 4.90 Å². The highest BCUT2D eigenvalue weighted by Crippen LogP contribution is 2.21. The van der Waals surface area contributed by atoms with E-state index in [4.69, 9.17) is 4.18 Å². The lowest BCUT2D eigenvalue weighted by Crippen LogP contribution is -2.09. The van der Waals surface area contributed by atoms with Crippen molar-refractivity contribution < 1.29 is 22.3 Å². The van der Waals surface area contributed by atoms with Crippen molar-refractivity contribution in [3.63, 3.8) is 0 Å². The van der Waals surface area contributed by atoms with Gasteiger partial charge in [-0.25, -0.2) is 0 Å². The molecule has 0 saturated heterocycles. The van der Waals surface area contributed by atoms with Crippen LogP contribution >= 0.6 is 0 Å². The van der Waals surface area contributed by atoms with Gasteiger partial charge in [0, 0.05) is 17.7 Å². The summed E-state index contributed by atoms with van der Waals surface area (Å²) < 4.78 is 29.6. The van der Waals surface area contributed by atoms with Gasteiger partial charge >= 0.3 is 10.1 Å². The SMILES string of the molecule is O=C(C=Cc1ccc(OS(=O)(=O)c2ccc([N+](=O)[O-])cc2)cc1)c1ccccc1. The summed E-state index contributed by atoms with van der Waals surface area (Å²) in [6.07, 6.45) is 3.04. The van der Waals surface area contributed by atoms with Crippen LogP contribution in [0, 0.1) is 10.1 Å². The monoisotopic (exact) mass is 409 g/mol. The van der Waals surface area contributed by atoms with E-state index >= 15 is 0 Å². The van der Waals surface area contributed by atoms with Crippen LogP contribution in [0.3, 0.4) is 0 Å². The first-order valence-electron chi connectivity index (χ1n) is 8.42. The molecule has 8 heteroatoms. The minimum absolute atomic E-state index is 0.0786. The summed E-state index contributed by atoms with van der Waals surface area (Å²) in [6.45, 7) is 0. The van der Waals surface area contributed by atoms with Crippen LogP contribution in [0.15, 0.2) is 89.8 Å². The molecule has 0 aromatic heterocycles. The van der Waals surface area contributed by atoms with Gasteiger partial charge < -0.3 is 4.18 Å². The first kappa shape index (κ1) is 20.0. The van der Waals surface area contributed by atoms with Crippen molar-refractivity contribution in [1.82, 2.24) is 0 Å². The predicted octanol–water partition coefficient (Wildman–Crippen LogP) is 4.26. The number of nitro benzene ring substituents is 1. The van der Waals surface area contributed by atoms with Crippen LogP contribution in [-0.4, -0.2) is 19.1 Å². The molecule has 0 spiro atoms. The molecule has 0 N–H and O–H groups in total. The van der Waals surface area contributed by atoms with Crippen LogP contribution in [0.25, 0.3) is 6.08 Å². The van der Waals surface area contributed by atoms with Gasteiger partial charge in [-0.1, -0.05) is 48.5 Å². The zero-order valence-electron chi connectivity index (χ0n) is 15.0. The lowest BCUT2D eigenvalue weighted by atomic mass is 10.1. The Labute approximate surface area is 167 Å². The van der Waals surface area contributed by atoms with Crippen molar-refractivity contribution in [1.29, 1.82) is 0 Å². The molecular weight excluding hydrogens is 394 g/mol. The highest BCUT2D eigenvalue weighted by molar-refractivity contribution is 7.87. The molecule has 0 aliphatic heterocycles. The Morgan fingerprint density at radius 3 is 2.10 bits per heavy atom. The molecule has 0 heterocycles. The Morgan fingerprint density at radius 2 is 1.52 bits per heavy atom. The first-order valence-corrected chi connectivity index (χ1v) is 9.82. The van der Waals surface area contributed by atoms with Crippen LogP contribution in [0.2, 0.25) is 0 Å². The number of rotatable bonds is 7. The quantitative estimate of drug-likeness (QED) is 0.190. The molecule has 7 nitrogen and oxygen atoms in total. The second kappa shape index (κ2) is 8.49. The Kier molecular flexibility index (Phi) is 5.85. The van der Waals surface area contributed by atoms with Gasteiger partial charge in [0.1, 0.15) is 10.6 Å². The maximum Gasteiger partial charge on any atom is 0.339 e. The zero-order valence-corrected chi connectivity index (χ0v) is 15.8. The van der Waals surface area contributed by atoms with Crippen molar-refractivity contribution in [2.75, 3.05) is 0 Å². The predicted molar refractivity (Wildman–Crippen MR) is 107 cm³/mol. The van der Waals surface area contributed by atoms with Gasteiger partial charge in [0.15, 0.2) is 5.78 Å². The molecule has 0 radical (unpaired) electrons. The molecule has 0 amide bonds. The van der Waals surface area contributed by atoms with Crippen molar-refractivity contribution in [3.05, 3.63) is 106 Å². The number of benzene rings is 3. The molecule has 0 saturated carbocycles. The number of ketones is 1. The highest BCUT2D eigenvalue weighted by Gasteiger charge is 2.18. The largest absolute Gasteiger partial charge is 0.379 e. The standard InChI is InChI=1S/C21H15NO6S/c23-21(17-4-2-1-3-5-17)15-8-16-6-11-19(12-7-16)28-29(26,27)20-13-9-18(10-14-20)22(24)25/h1-15H. The van der Waals surface area contributed by atoms with E-state index in [0.717, 1.165) is 24.3 Å². The van der Waals surface area contributed by atoms with Crippen LogP contribution in [0.4, 0.5) is 5.69 Å². The van der Waals surface area contributed by atoms with Crippen molar-refractivity contribution in [3.8, 4) is 5.75 Å². The zero-order chi connectivity index (χ0) is 20.9. The summed E-state index contributed by atoms with van der Waals surface area (Å²) in [5.41, 5.74) is 1.04. The average molecular weight is 409 g/mol. The third-order valence-electron chi connectivity index (χ3n) is 3.91. The molecule has 0 aliphatic carbocycles. The van der Waals surface area contributed by atoms with Gasteiger partial charge in [-0.2, -0.15) is 8.42 Å². The maximum atomic E-state index is 12.3. The summed E-state index contributed by atoms with van der Waals surface area (Å²) in [5.74, 6) is -0.0680. The average Bonchev–Trinajstić information content (AvgIpc) is 2.73. The van der Waals surface area contributed by atoms with E-state index in [-0.39, 0.29) is 22.1 Å². The summed E-state index contributed by atoms with van der Waals surface area (Å²) in [5, 5.41) is 10.7. The van der Waals surface area contributed by atoms with E-state index in [1.54, 1.807) is 42.5 Å². The number of hydrogen-bond donors (Lipinski definition) is 0. The highest BCUT2D eigenvalue weighted by atomic mass is 32.2. The molecule has 146 valence electrons. The molecule has 0 unspecified atom stereocenters. The Hall–Kier alpha value is -3.78. The fourth-order valence-corrected chi connectivity index (χ4v) is 3.34. The minimum atomic E-state index is -4.13. The van der Waals surface area contributed by atoms with Gasteiger partial charge in [0.25, 0.3) is 5.69 Å². The van der Waals surface area contributed by atoms with E-state index < -0.39 is 15.0 Å². The lowest BCUT2D eigenvalue weighted by Gasteiger charge is -2.07. The Balaban J connectivity index is 1.69. The van der Waals surface area contributed by atoms with Gasteiger partial charge in [0.05, 0.1) is 4.92 Å². The summed E-state index contributed by atoms with van der Waals surface area (Å²) in [7, 11) is -4.13. The Bertz CT molecular complexity index is 1150. The normalized spacial score (nSPS) is 11.3. The van der Waals surface area contributed by atoms with E-state index in [2.05, 4.69) is 0 Å². The van der Waals surface area contributed by atoms with Gasteiger partial charge in [-0.15, -0.1) is 0 Å². The van der Waals surface area contributed by atoms with Gasteiger partial charge in [-0.05, 0) is 35.9 Å². The van der Waals surface area contributed by atoms with Crippen molar-refractivity contribution in [2.24, 2.45) is 0 Å². The van der Waals surface area contributed by atoms with E-state index in [9.17, 15) is 23.3 Å². The van der Waals surface area contributed by atoms with E-state index in [0.29, 0.717) is 11.1 Å². The van der Waals surface area contributed by atoms with Crippen LogP contribution in [0.5, 0.6) is 5.75 Å². The number of hydrogen-bond acceptors (Lipinski definition) is 6.